The number of phenols is 2. The van der Waals surface area contributed by atoms with Crippen LogP contribution in [-0.4, -0.2) is 10.2 Å². The molecule has 0 saturated carbocycles. The van der Waals surface area contributed by atoms with E-state index < -0.39 is 0 Å². The molecule has 0 saturated heterocycles. The van der Waals surface area contributed by atoms with Crippen molar-refractivity contribution in [1.29, 1.82) is 0 Å². The largest absolute Gasteiger partial charge is 0.508 e. The summed E-state index contributed by atoms with van der Waals surface area (Å²) in [5.41, 5.74) is 1.02. The number of benzene rings is 1. The van der Waals surface area contributed by atoms with Crippen molar-refractivity contribution in [2.24, 2.45) is 5.92 Å². The van der Waals surface area contributed by atoms with Crippen LogP contribution in [0.3, 0.4) is 0 Å². The second-order valence-electron chi connectivity index (χ2n) is 5.04. The molecule has 0 aliphatic heterocycles. The van der Waals surface area contributed by atoms with Crippen molar-refractivity contribution in [3.05, 3.63) is 23.8 Å². The first-order chi connectivity index (χ1) is 8.04. The van der Waals surface area contributed by atoms with Crippen LogP contribution in [0.4, 0.5) is 0 Å². The Balaban J connectivity index is 2.64. The van der Waals surface area contributed by atoms with Crippen molar-refractivity contribution < 1.29 is 10.2 Å². The fraction of sp³-hybridized carbons (Fsp3) is 0.600. The van der Waals surface area contributed by atoms with Crippen LogP contribution in [0, 0.1) is 5.92 Å². The third kappa shape index (κ3) is 4.29. The second-order valence-corrected chi connectivity index (χ2v) is 5.04. The van der Waals surface area contributed by atoms with Gasteiger partial charge in [-0.25, -0.2) is 0 Å². The lowest BCUT2D eigenvalue weighted by Gasteiger charge is -2.20. The summed E-state index contributed by atoms with van der Waals surface area (Å²) in [6.45, 7) is 6.60. The molecule has 0 aliphatic rings. The number of hydrogen-bond acceptors (Lipinski definition) is 2. The molecule has 17 heavy (non-hydrogen) atoms. The monoisotopic (exact) mass is 236 g/mol. The summed E-state index contributed by atoms with van der Waals surface area (Å²) in [6, 6.07) is 4.87. The SMILES string of the molecule is CCCCC[C@@H](C)[C@@H](C)c1cc(O)cc(O)c1. The maximum Gasteiger partial charge on any atom is 0.119 e. The van der Waals surface area contributed by atoms with Crippen molar-refractivity contribution in [3.8, 4) is 11.5 Å². The lowest BCUT2D eigenvalue weighted by molar-refractivity contribution is 0.420. The summed E-state index contributed by atoms with van der Waals surface area (Å²) < 4.78 is 0. The van der Waals surface area contributed by atoms with Gasteiger partial charge in [-0.3, -0.25) is 0 Å². The van der Waals surface area contributed by atoms with Gasteiger partial charge in [-0.1, -0.05) is 46.5 Å². The minimum Gasteiger partial charge on any atom is -0.508 e. The minimum atomic E-state index is 0.146. The summed E-state index contributed by atoms with van der Waals surface area (Å²) in [6.07, 6.45) is 4.98. The lowest BCUT2D eigenvalue weighted by Crippen LogP contribution is -2.06. The fourth-order valence-corrected chi connectivity index (χ4v) is 2.18. The molecule has 2 atom stereocenters. The third-order valence-electron chi connectivity index (χ3n) is 3.57. The summed E-state index contributed by atoms with van der Waals surface area (Å²) in [4.78, 5) is 0. The molecule has 0 heterocycles. The van der Waals surface area contributed by atoms with Gasteiger partial charge >= 0.3 is 0 Å². The number of phenolic OH excluding ortho intramolecular Hbond substituents is 2. The van der Waals surface area contributed by atoms with E-state index in [2.05, 4.69) is 20.8 Å². The van der Waals surface area contributed by atoms with Crippen LogP contribution in [0.1, 0.15) is 57.9 Å². The molecular weight excluding hydrogens is 212 g/mol. The fourth-order valence-electron chi connectivity index (χ4n) is 2.18. The highest BCUT2D eigenvalue weighted by Crippen LogP contribution is 2.32. The zero-order valence-electron chi connectivity index (χ0n) is 11.1. The van der Waals surface area contributed by atoms with E-state index in [-0.39, 0.29) is 11.5 Å². The Kier molecular flexibility index (Phi) is 5.33. The Morgan fingerprint density at radius 1 is 1.00 bits per heavy atom. The summed E-state index contributed by atoms with van der Waals surface area (Å²) in [5, 5.41) is 19.0. The van der Waals surface area contributed by atoms with Gasteiger partial charge in [0.05, 0.1) is 0 Å². The number of rotatable bonds is 6. The Labute approximate surface area is 104 Å². The molecule has 1 aromatic rings. The molecule has 0 amide bonds. The molecule has 0 aliphatic carbocycles. The van der Waals surface area contributed by atoms with Crippen molar-refractivity contribution in [3.63, 3.8) is 0 Å². The predicted molar refractivity (Wildman–Crippen MR) is 71.5 cm³/mol. The van der Waals surface area contributed by atoms with E-state index >= 15 is 0 Å². The smallest absolute Gasteiger partial charge is 0.119 e. The highest BCUT2D eigenvalue weighted by molar-refractivity contribution is 5.38. The van der Waals surface area contributed by atoms with Crippen LogP contribution in [-0.2, 0) is 0 Å². The molecule has 2 nitrogen and oxygen atoms in total. The molecule has 2 N–H and O–H groups in total. The Morgan fingerprint density at radius 3 is 2.12 bits per heavy atom. The zero-order chi connectivity index (χ0) is 12.8. The standard InChI is InChI=1S/C15H24O2/c1-4-5-6-7-11(2)12(3)13-8-14(16)10-15(17)9-13/h8-12,16-17H,4-7H2,1-3H3/t11-,12-/m1/s1. The molecule has 2 heteroatoms. The van der Waals surface area contributed by atoms with Crippen molar-refractivity contribution >= 4 is 0 Å². The van der Waals surface area contributed by atoms with Gasteiger partial charge in [-0.15, -0.1) is 0 Å². The number of hydrogen-bond donors (Lipinski definition) is 2. The molecule has 0 unspecified atom stereocenters. The highest BCUT2D eigenvalue weighted by atomic mass is 16.3. The molecule has 96 valence electrons. The molecule has 0 spiro atoms. The number of unbranched alkanes of at least 4 members (excludes halogenated alkanes) is 2. The van der Waals surface area contributed by atoms with E-state index in [1.54, 1.807) is 12.1 Å². The lowest BCUT2D eigenvalue weighted by atomic mass is 9.85. The molecule has 1 aromatic carbocycles. The van der Waals surface area contributed by atoms with Gasteiger partial charge in [-0.2, -0.15) is 0 Å². The van der Waals surface area contributed by atoms with Crippen molar-refractivity contribution in [2.45, 2.75) is 52.4 Å². The average Bonchev–Trinajstić information content (AvgIpc) is 2.27. The van der Waals surface area contributed by atoms with Gasteiger partial charge in [-0.05, 0) is 29.5 Å². The van der Waals surface area contributed by atoms with Crippen LogP contribution in [0.25, 0.3) is 0 Å². The maximum atomic E-state index is 9.48. The molecule has 1 rings (SSSR count). The maximum absolute atomic E-state index is 9.48. The first kappa shape index (κ1) is 13.9. The van der Waals surface area contributed by atoms with E-state index in [1.807, 2.05) is 0 Å². The van der Waals surface area contributed by atoms with Crippen molar-refractivity contribution in [2.75, 3.05) is 0 Å². The van der Waals surface area contributed by atoms with E-state index in [0.717, 1.165) is 5.56 Å². The van der Waals surface area contributed by atoms with Crippen LogP contribution in [0.2, 0.25) is 0 Å². The molecule has 0 bridgehead atoms. The topological polar surface area (TPSA) is 40.5 Å². The van der Waals surface area contributed by atoms with Crippen LogP contribution in [0.15, 0.2) is 18.2 Å². The van der Waals surface area contributed by atoms with Gasteiger partial charge < -0.3 is 10.2 Å². The summed E-state index contributed by atoms with van der Waals surface area (Å²) in [7, 11) is 0. The van der Waals surface area contributed by atoms with E-state index in [4.69, 9.17) is 0 Å². The quantitative estimate of drug-likeness (QED) is 0.718. The van der Waals surface area contributed by atoms with Gasteiger partial charge in [0.1, 0.15) is 11.5 Å². The second kappa shape index (κ2) is 6.53. The van der Waals surface area contributed by atoms with E-state index in [0.29, 0.717) is 11.8 Å². The number of aromatic hydroxyl groups is 2. The predicted octanol–water partition coefficient (Wildman–Crippen LogP) is 4.42. The Hall–Kier alpha value is -1.18. The molecule has 0 fully saturated rings. The summed E-state index contributed by atoms with van der Waals surface area (Å²) >= 11 is 0. The molecule has 0 radical (unpaired) electrons. The molecular formula is C15H24O2. The summed E-state index contributed by atoms with van der Waals surface area (Å²) in [5.74, 6) is 1.23. The molecule has 0 aromatic heterocycles. The van der Waals surface area contributed by atoms with E-state index in [1.165, 1.54) is 31.7 Å². The van der Waals surface area contributed by atoms with Crippen LogP contribution in [0.5, 0.6) is 11.5 Å². The minimum absolute atomic E-state index is 0.146. The Bertz CT molecular complexity index is 327. The highest BCUT2D eigenvalue weighted by Gasteiger charge is 2.15. The van der Waals surface area contributed by atoms with Gasteiger partial charge in [0, 0.05) is 6.07 Å². The normalized spacial score (nSPS) is 14.5. The Morgan fingerprint density at radius 2 is 1.59 bits per heavy atom. The zero-order valence-corrected chi connectivity index (χ0v) is 11.1. The van der Waals surface area contributed by atoms with Crippen molar-refractivity contribution in [1.82, 2.24) is 0 Å². The van der Waals surface area contributed by atoms with Gasteiger partial charge in [0.2, 0.25) is 0 Å². The van der Waals surface area contributed by atoms with E-state index in [9.17, 15) is 10.2 Å². The first-order valence-electron chi connectivity index (χ1n) is 6.57. The van der Waals surface area contributed by atoms with Gasteiger partial charge in [0.15, 0.2) is 0 Å². The van der Waals surface area contributed by atoms with Gasteiger partial charge in [0.25, 0.3) is 0 Å². The van der Waals surface area contributed by atoms with Crippen LogP contribution >= 0.6 is 0 Å². The first-order valence-corrected chi connectivity index (χ1v) is 6.57. The van der Waals surface area contributed by atoms with Crippen LogP contribution < -0.4 is 0 Å². The third-order valence-corrected chi connectivity index (χ3v) is 3.57. The average molecular weight is 236 g/mol.